The van der Waals surface area contributed by atoms with Gasteiger partial charge in [-0.25, -0.2) is 0 Å². The molecule has 2 aliphatic rings. The van der Waals surface area contributed by atoms with Gasteiger partial charge < -0.3 is 0 Å². The van der Waals surface area contributed by atoms with Gasteiger partial charge in [-0.2, -0.15) is 5.10 Å². The molecule has 130 valence electrons. The molecule has 2 heterocycles. The van der Waals surface area contributed by atoms with E-state index in [2.05, 4.69) is 78.0 Å². The summed E-state index contributed by atoms with van der Waals surface area (Å²) in [6.07, 6.45) is 3.58. The molecular formula is C23H22N2S. The Balaban J connectivity index is 1.68. The van der Waals surface area contributed by atoms with Crippen molar-refractivity contribution in [3.05, 3.63) is 87.6 Å². The van der Waals surface area contributed by atoms with Gasteiger partial charge in [0, 0.05) is 16.4 Å². The van der Waals surface area contributed by atoms with Gasteiger partial charge in [0.25, 0.3) is 0 Å². The molecule has 0 N–H and O–H groups in total. The van der Waals surface area contributed by atoms with Crippen LogP contribution in [-0.4, -0.2) is 5.71 Å². The third-order valence-corrected chi connectivity index (χ3v) is 6.51. The van der Waals surface area contributed by atoms with Crippen LogP contribution in [0.3, 0.4) is 0 Å². The average molecular weight is 359 g/mol. The second-order valence-corrected chi connectivity index (χ2v) is 8.26. The van der Waals surface area contributed by atoms with E-state index in [1.165, 1.54) is 45.8 Å². The van der Waals surface area contributed by atoms with Crippen molar-refractivity contribution in [2.45, 2.75) is 32.2 Å². The first kappa shape index (κ1) is 15.8. The quantitative estimate of drug-likeness (QED) is 0.550. The monoisotopic (exact) mass is 358 g/mol. The first-order valence-electron chi connectivity index (χ1n) is 9.37. The van der Waals surface area contributed by atoms with Gasteiger partial charge in [-0.3, -0.25) is 5.01 Å². The van der Waals surface area contributed by atoms with E-state index in [4.69, 9.17) is 5.10 Å². The number of nitrogens with zero attached hydrogens (tertiary/aromatic N) is 2. The standard InChI is InChI=1S/C23H22N2S/c1-16-12-13-17-7-5-10-19-22(20(17)15-16)24-25(18-8-3-2-4-9-18)23(19)21-11-6-14-26-21/h2-4,6,8-9,11-15,19,23H,5,7,10H2,1H3/t19-,23-/m1/s1. The van der Waals surface area contributed by atoms with Crippen LogP contribution >= 0.6 is 11.3 Å². The maximum Gasteiger partial charge on any atom is 0.0951 e. The minimum atomic E-state index is 0.305. The second-order valence-electron chi connectivity index (χ2n) is 7.28. The molecule has 0 saturated carbocycles. The van der Waals surface area contributed by atoms with Crippen LogP contribution in [0.4, 0.5) is 5.69 Å². The Morgan fingerprint density at radius 2 is 1.92 bits per heavy atom. The normalized spacial score (nSPS) is 21.7. The summed E-state index contributed by atoms with van der Waals surface area (Å²) in [5, 5.41) is 9.67. The van der Waals surface area contributed by atoms with E-state index in [9.17, 15) is 0 Å². The molecule has 3 aromatic rings. The molecule has 0 amide bonds. The summed E-state index contributed by atoms with van der Waals surface area (Å²) in [5.41, 5.74) is 6.60. The predicted octanol–water partition coefficient (Wildman–Crippen LogP) is 5.97. The van der Waals surface area contributed by atoms with Gasteiger partial charge in [-0.1, -0.05) is 42.0 Å². The molecule has 2 aromatic carbocycles. The van der Waals surface area contributed by atoms with Crippen LogP contribution in [0.15, 0.2) is 71.1 Å². The topological polar surface area (TPSA) is 15.6 Å². The first-order chi connectivity index (χ1) is 12.8. The number of thiophene rings is 1. The molecule has 2 nitrogen and oxygen atoms in total. The van der Waals surface area contributed by atoms with Crippen molar-refractivity contribution in [3.8, 4) is 0 Å². The molecule has 1 aliphatic carbocycles. The fourth-order valence-electron chi connectivity index (χ4n) is 4.36. The second kappa shape index (κ2) is 6.40. The van der Waals surface area contributed by atoms with Crippen molar-refractivity contribution in [2.75, 3.05) is 5.01 Å². The number of anilines is 1. The Labute approximate surface area is 158 Å². The predicted molar refractivity (Wildman–Crippen MR) is 110 cm³/mol. The Hall–Kier alpha value is -2.39. The van der Waals surface area contributed by atoms with E-state index in [1.54, 1.807) is 0 Å². The van der Waals surface area contributed by atoms with Gasteiger partial charge in [0.2, 0.25) is 0 Å². The summed E-state index contributed by atoms with van der Waals surface area (Å²) in [6.45, 7) is 2.18. The number of fused-ring (bicyclic) bond motifs is 3. The number of benzene rings is 2. The number of hydrogen-bond donors (Lipinski definition) is 0. The molecule has 2 atom stereocenters. The molecule has 0 spiro atoms. The lowest BCUT2D eigenvalue weighted by Gasteiger charge is -2.27. The highest BCUT2D eigenvalue weighted by Gasteiger charge is 2.41. The summed E-state index contributed by atoms with van der Waals surface area (Å²) >= 11 is 1.85. The van der Waals surface area contributed by atoms with Crippen LogP contribution in [0.5, 0.6) is 0 Å². The van der Waals surface area contributed by atoms with Crippen LogP contribution < -0.4 is 5.01 Å². The van der Waals surface area contributed by atoms with Crippen LogP contribution in [0.2, 0.25) is 0 Å². The zero-order valence-corrected chi connectivity index (χ0v) is 15.7. The lowest BCUT2D eigenvalue weighted by atomic mass is 9.87. The zero-order valence-electron chi connectivity index (χ0n) is 14.9. The number of rotatable bonds is 2. The molecule has 0 radical (unpaired) electrons. The number of hydrazone groups is 1. The van der Waals surface area contributed by atoms with Gasteiger partial charge in [-0.05, 0) is 61.4 Å². The Kier molecular flexibility index (Phi) is 3.90. The lowest BCUT2D eigenvalue weighted by Crippen LogP contribution is -2.24. The lowest BCUT2D eigenvalue weighted by molar-refractivity contribution is 0.511. The number of para-hydroxylation sites is 1. The highest BCUT2D eigenvalue weighted by Crippen LogP contribution is 2.45. The third-order valence-electron chi connectivity index (χ3n) is 5.57. The van der Waals surface area contributed by atoms with E-state index in [1.807, 2.05) is 11.3 Å². The maximum atomic E-state index is 5.22. The van der Waals surface area contributed by atoms with Crippen LogP contribution in [0.25, 0.3) is 0 Å². The van der Waals surface area contributed by atoms with Crippen molar-refractivity contribution < 1.29 is 0 Å². The van der Waals surface area contributed by atoms with Crippen LogP contribution in [-0.2, 0) is 6.42 Å². The molecule has 5 rings (SSSR count). The summed E-state index contributed by atoms with van der Waals surface area (Å²) in [6, 6.07) is 22.2. The van der Waals surface area contributed by atoms with Crippen molar-refractivity contribution in [1.29, 1.82) is 0 Å². The molecular weight excluding hydrogens is 336 g/mol. The Bertz CT molecular complexity index is 944. The van der Waals surface area contributed by atoms with Crippen molar-refractivity contribution in [1.82, 2.24) is 0 Å². The van der Waals surface area contributed by atoms with Crippen LogP contribution in [0, 0.1) is 12.8 Å². The summed E-state index contributed by atoms with van der Waals surface area (Å²) in [4.78, 5) is 1.41. The Morgan fingerprint density at radius 3 is 2.73 bits per heavy atom. The molecule has 26 heavy (non-hydrogen) atoms. The molecule has 0 bridgehead atoms. The SMILES string of the molecule is Cc1ccc2c(c1)C1=NN(c3ccccc3)[C@@H](c3cccs3)[C@@H]1CCC2. The van der Waals surface area contributed by atoms with E-state index >= 15 is 0 Å². The maximum absolute atomic E-state index is 5.22. The van der Waals surface area contributed by atoms with Crippen molar-refractivity contribution in [2.24, 2.45) is 11.0 Å². The van der Waals surface area contributed by atoms with Crippen molar-refractivity contribution >= 4 is 22.7 Å². The molecule has 1 aromatic heterocycles. The summed E-state index contributed by atoms with van der Waals surface area (Å²) in [7, 11) is 0. The summed E-state index contributed by atoms with van der Waals surface area (Å²) in [5.74, 6) is 0.455. The largest absolute Gasteiger partial charge is 0.256 e. The molecule has 0 saturated heterocycles. The van der Waals surface area contributed by atoms with Gasteiger partial charge in [0.1, 0.15) is 0 Å². The first-order valence-corrected chi connectivity index (χ1v) is 10.3. The fourth-order valence-corrected chi connectivity index (χ4v) is 5.23. The van der Waals surface area contributed by atoms with Gasteiger partial charge in [0.15, 0.2) is 0 Å². The number of aryl methyl sites for hydroxylation is 2. The molecule has 0 fully saturated rings. The third kappa shape index (κ3) is 2.58. The summed E-state index contributed by atoms with van der Waals surface area (Å²) < 4.78 is 0. The fraction of sp³-hybridized carbons (Fsp3) is 0.261. The van der Waals surface area contributed by atoms with Gasteiger partial charge in [0.05, 0.1) is 17.4 Å². The van der Waals surface area contributed by atoms with Crippen LogP contribution in [0.1, 0.15) is 40.5 Å². The van der Waals surface area contributed by atoms with E-state index in [-0.39, 0.29) is 0 Å². The van der Waals surface area contributed by atoms with E-state index in [0.717, 1.165) is 6.42 Å². The highest BCUT2D eigenvalue weighted by atomic mass is 32.1. The zero-order chi connectivity index (χ0) is 17.5. The smallest absolute Gasteiger partial charge is 0.0951 e. The van der Waals surface area contributed by atoms with Crippen molar-refractivity contribution in [3.63, 3.8) is 0 Å². The molecule has 1 aliphatic heterocycles. The van der Waals surface area contributed by atoms with Gasteiger partial charge >= 0.3 is 0 Å². The molecule has 3 heteroatoms. The number of hydrogen-bond acceptors (Lipinski definition) is 3. The Morgan fingerprint density at radius 1 is 1.04 bits per heavy atom. The molecule has 0 unspecified atom stereocenters. The average Bonchev–Trinajstić information content (AvgIpc) is 3.28. The van der Waals surface area contributed by atoms with E-state index in [0.29, 0.717) is 12.0 Å². The van der Waals surface area contributed by atoms with Gasteiger partial charge in [-0.15, -0.1) is 11.3 Å². The minimum Gasteiger partial charge on any atom is -0.256 e. The minimum absolute atomic E-state index is 0.305. The highest BCUT2D eigenvalue weighted by molar-refractivity contribution is 7.10. The van der Waals surface area contributed by atoms with E-state index < -0.39 is 0 Å².